The molecule has 1 fully saturated rings. The lowest BCUT2D eigenvalue weighted by molar-refractivity contribution is 0.339. The van der Waals surface area contributed by atoms with E-state index in [-0.39, 0.29) is 0 Å². The SMILES string of the molecule is CCOc1ccc(O)c([C@H]2CN2)c1. The molecule has 0 aliphatic carbocycles. The van der Waals surface area contributed by atoms with Gasteiger partial charge in [-0.15, -0.1) is 0 Å². The first-order valence-electron chi connectivity index (χ1n) is 4.50. The predicted octanol–water partition coefficient (Wildman–Crippen LogP) is 1.44. The first kappa shape index (κ1) is 8.38. The van der Waals surface area contributed by atoms with Crippen molar-refractivity contribution in [1.82, 2.24) is 5.32 Å². The van der Waals surface area contributed by atoms with Gasteiger partial charge in [0.25, 0.3) is 0 Å². The first-order chi connectivity index (χ1) is 6.31. The van der Waals surface area contributed by atoms with Crippen LogP contribution in [0.1, 0.15) is 18.5 Å². The van der Waals surface area contributed by atoms with Gasteiger partial charge in [0, 0.05) is 18.2 Å². The summed E-state index contributed by atoms with van der Waals surface area (Å²) in [6, 6.07) is 5.68. The van der Waals surface area contributed by atoms with Gasteiger partial charge in [-0.2, -0.15) is 0 Å². The van der Waals surface area contributed by atoms with Gasteiger partial charge < -0.3 is 15.2 Å². The van der Waals surface area contributed by atoms with Crippen molar-refractivity contribution >= 4 is 0 Å². The molecule has 0 bridgehead atoms. The molecule has 0 unspecified atom stereocenters. The molecule has 2 rings (SSSR count). The van der Waals surface area contributed by atoms with Crippen molar-refractivity contribution in [2.45, 2.75) is 13.0 Å². The van der Waals surface area contributed by atoms with Gasteiger partial charge >= 0.3 is 0 Å². The molecule has 0 aromatic heterocycles. The van der Waals surface area contributed by atoms with E-state index in [4.69, 9.17) is 4.74 Å². The summed E-state index contributed by atoms with van der Waals surface area (Å²) in [5.74, 6) is 1.17. The number of hydrogen-bond donors (Lipinski definition) is 2. The number of benzene rings is 1. The van der Waals surface area contributed by atoms with E-state index < -0.39 is 0 Å². The lowest BCUT2D eigenvalue weighted by atomic mass is 10.1. The molecule has 1 aliphatic heterocycles. The van der Waals surface area contributed by atoms with Gasteiger partial charge in [0.05, 0.1) is 6.61 Å². The number of nitrogens with one attached hydrogen (secondary N) is 1. The van der Waals surface area contributed by atoms with Crippen LogP contribution in [0.25, 0.3) is 0 Å². The van der Waals surface area contributed by atoms with E-state index in [1.807, 2.05) is 13.0 Å². The van der Waals surface area contributed by atoms with Crippen LogP contribution in [0.5, 0.6) is 11.5 Å². The molecule has 0 amide bonds. The Morgan fingerprint density at radius 2 is 2.38 bits per heavy atom. The largest absolute Gasteiger partial charge is 0.508 e. The van der Waals surface area contributed by atoms with Crippen LogP contribution in [-0.2, 0) is 0 Å². The zero-order valence-electron chi connectivity index (χ0n) is 7.58. The minimum Gasteiger partial charge on any atom is -0.508 e. The molecule has 1 aromatic carbocycles. The third kappa shape index (κ3) is 1.75. The molecule has 2 N–H and O–H groups in total. The molecule has 0 saturated carbocycles. The van der Waals surface area contributed by atoms with E-state index in [2.05, 4.69) is 5.32 Å². The van der Waals surface area contributed by atoms with Gasteiger partial charge in [0.15, 0.2) is 0 Å². The van der Waals surface area contributed by atoms with Crippen molar-refractivity contribution in [3.8, 4) is 11.5 Å². The van der Waals surface area contributed by atoms with Crippen LogP contribution in [-0.4, -0.2) is 18.3 Å². The van der Waals surface area contributed by atoms with Crippen molar-refractivity contribution in [3.63, 3.8) is 0 Å². The zero-order chi connectivity index (χ0) is 9.26. The summed E-state index contributed by atoms with van der Waals surface area (Å²) >= 11 is 0. The van der Waals surface area contributed by atoms with Gasteiger partial charge in [-0.3, -0.25) is 0 Å². The third-order valence-corrected chi connectivity index (χ3v) is 2.09. The van der Waals surface area contributed by atoms with E-state index in [0.29, 0.717) is 18.4 Å². The minimum atomic E-state index is 0.320. The number of aromatic hydroxyl groups is 1. The fourth-order valence-corrected chi connectivity index (χ4v) is 1.35. The van der Waals surface area contributed by atoms with Gasteiger partial charge in [0.1, 0.15) is 11.5 Å². The molecule has 3 heteroatoms. The fourth-order valence-electron chi connectivity index (χ4n) is 1.35. The molecule has 1 aromatic rings. The highest BCUT2D eigenvalue weighted by Crippen LogP contribution is 2.32. The normalized spacial score (nSPS) is 19.9. The molecule has 1 atom stereocenters. The standard InChI is InChI=1S/C10H13NO2/c1-2-13-7-3-4-10(12)8(5-7)9-6-11-9/h3-5,9,11-12H,2,6H2,1H3/t9-/m1/s1. The highest BCUT2D eigenvalue weighted by Gasteiger charge is 2.25. The maximum Gasteiger partial charge on any atom is 0.120 e. The second kappa shape index (κ2) is 3.26. The Labute approximate surface area is 77.3 Å². The summed E-state index contributed by atoms with van der Waals surface area (Å²) < 4.78 is 5.34. The number of ether oxygens (including phenoxy) is 1. The third-order valence-electron chi connectivity index (χ3n) is 2.09. The average Bonchev–Trinajstić information content (AvgIpc) is 2.92. The van der Waals surface area contributed by atoms with Gasteiger partial charge in [-0.1, -0.05) is 0 Å². The Kier molecular flexibility index (Phi) is 2.10. The van der Waals surface area contributed by atoms with Crippen molar-refractivity contribution in [3.05, 3.63) is 23.8 Å². The Morgan fingerprint density at radius 3 is 3.00 bits per heavy atom. The number of phenols is 1. The van der Waals surface area contributed by atoms with E-state index >= 15 is 0 Å². The number of phenolic OH excluding ortho intramolecular Hbond substituents is 1. The van der Waals surface area contributed by atoms with Crippen molar-refractivity contribution in [2.75, 3.05) is 13.2 Å². The molecule has 1 aliphatic rings. The van der Waals surface area contributed by atoms with Crippen LogP contribution in [0, 0.1) is 0 Å². The van der Waals surface area contributed by atoms with Crippen LogP contribution in [0.3, 0.4) is 0 Å². The molecule has 1 heterocycles. The van der Waals surface area contributed by atoms with Crippen molar-refractivity contribution in [2.24, 2.45) is 0 Å². The molecule has 0 spiro atoms. The lowest BCUT2D eigenvalue weighted by Gasteiger charge is -2.06. The highest BCUT2D eigenvalue weighted by atomic mass is 16.5. The van der Waals surface area contributed by atoms with Gasteiger partial charge in [-0.25, -0.2) is 0 Å². The maximum absolute atomic E-state index is 9.52. The maximum atomic E-state index is 9.52. The van der Waals surface area contributed by atoms with E-state index in [1.165, 1.54) is 0 Å². The smallest absolute Gasteiger partial charge is 0.120 e. The second-order valence-electron chi connectivity index (χ2n) is 3.11. The van der Waals surface area contributed by atoms with Gasteiger partial charge in [0.2, 0.25) is 0 Å². The average molecular weight is 179 g/mol. The summed E-state index contributed by atoms with van der Waals surface area (Å²) in [4.78, 5) is 0. The summed E-state index contributed by atoms with van der Waals surface area (Å²) in [5, 5.41) is 12.7. The molecule has 0 radical (unpaired) electrons. The van der Waals surface area contributed by atoms with Crippen LogP contribution in [0.4, 0.5) is 0 Å². The molecular weight excluding hydrogens is 166 g/mol. The summed E-state index contributed by atoms with van der Waals surface area (Å²) in [6.45, 7) is 3.55. The molecular formula is C10H13NO2. The van der Waals surface area contributed by atoms with E-state index in [1.54, 1.807) is 12.1 Å². The predicted molar refractivity (Wildman–Crippen MR) is 50.0 cm³/mol. The number of rotatable bonds is 3. The van der Waals surface area contributed by atoms with Crippen LogP contribution < -0.4 is 10.1 Å². The van der Waals surface area contributed by atoms with Crippen molar-refractivity contribution in [1.29, 1.82) is 0 Å². The van der Waals surface area contributed by atoms with E-state index in [0.717, 1.165) is 17.9 Å². The fraction of sp³-hybridized carbons (Fsp3) is 0.400. The van der Waals surface area contributed by atoms with Crippen molar-refractivity contribution < 1.29 is 9.84 Å². The number of hydrogen-bond acceptors (Lipinski definition) is 3. The molecule has 70 valence electrons. The van der Waals surface area contributed by atoms with Crippen LogP contribution >= 0.6 is 0 Å². The second-order valence-corrected chi connectivity index (χ2v) is 3.11. The summed E-state index contributed by atoms with van der Waals surface area (Å²) in [7, 11) is 0. The van der Waals surface area contributed by atoms with E-state index in [9.17, 15) is 5.11 Å². The zero-order valence-corrected chi connectivity index (χ0v) is 7.58. The highest BCUT2D eigenvalue weighted by molar-refractivity contribution is 5.43. The minimum absolute atomic E-state index is 0.320. The van der Waals surface area contributed by atoms with Crippen LogP contribution in [0.2, 0.25) is 0 Å². The topological polar surface area (TPSA) is 51.4 Å². The Balaban J connectivity index is 2.25. The monoisotopic (exact) mass is 179 g/mol. The summed E-state index contributed by atoms with van der Waals surface area (Å²) in [5.41, 5.74) is 0.936. The lowest BCUT2D eigenvalue weighted by Crippen LogP contribution is -1.93. The molecule has 3 nitrogen and oxygen atoms in total. The molecule has 13 heavy (non-hydrogen) atoms. The first-order valence-corrected chi connectivity index (χ1v) is 4.50. The quantitative estimate of drug-likeness (QED) is 0.690. The Bertz CT molecular complexity index is 308. The van der Waals surface area contributed by atoms with Gasteiger partial charge in [-0.05, 0) is 25.1 Å². The summed E-state index contributed by atoms with van der Waals surface area (Å²) in [6.07, 6.45) is 0. The van der Waals surface area contributed by atoms with Crippen LogP contribution in [0.15, 0.2) is 18.2 Å². The Hall–Kier alpha value is -1.22. The Morgan fingerprint density at radius 1 is 1.62 bits per heavy atom. The molecule has 1 saturated heterocycles.